The van der Waals surface area contributed by atoms with Gasteiger partial charge in [0.1, 0.15) is 5.75 Å². The van der Waals surface area contributed by atoms with Gasteiger partial charge >= 0.3 is 5.97 Å². The summed E-state index contributed by atoms with van der Waals surface area (Å²) in [6.45, 7) is 0. The molecule has 3 heteroatoms. The first kappa shape index (κ1) is 11.0. The fourth-order valence-corrected chi connectivity index (χ4v) is 2.52. The Kier molecular flexibility index (Phi) is 2.82. The smallest absolute Gasteiger partial charge is 0.343 e. The van der Waals surface area contributed by atoms with Gasteiger partial charge in [-0.05, 0) is 47.2 Å². The highest BCUT2D eigenvalue weighted by Crippen LogP contribution is 2.25. The highest BCUT2D eigenvalue weighted by Gasteiger charge is 2.08. The van der Waals surface area contributed by atoms with Gasteiger partial charge in [-0.25, -0.2) is 4.79 Å². The SMILES string of the molecule is O=C(Oc1ccc2sccc2c1)c1ccccc1. The molecule has 0 aliphatic carbocycles. The minimum atomic E-state index is -0.329. The van der Waals surface area contributed by atoms with Gasteiger partial charge in [-0.15, -0.1) is 11.3 Å². The van der Waals surface area contributed by atoms with Gasteiger partial charge in [0.05, 0.1) is 5.56 Å². The molecule has 1 aromatic heterocycles. The van der Waals surface area contributed by atoms with E-state index >= 15 is 0 Å². The topological polar surface area (TPSA) is 26.3 Å². The van der Waals surface area contributed by atoms with Crippen LogP contribution in [0.1, 0.15) is 10.4 Å². The van der Waals surface area contributed by atoms with Gasteiger partial charge in [-0.3, -0.25) is 0 Å². The highest BCUT2D eigenvalue weighted by atomic mass is 32.1. The number of carbonyl (C=O) groups excluding carboxylic acids is 1. The number of hydrogen-bond donors (Lipinski definition) is 0. The number of esters is 1. The van der Waals surface area contributed by atoms with E-state index in [2.05, 4.69) is 0 Å². The van der Waals surface area contributed by atoms with Gasteiger partial charge < -0.3 is 4.74 Å². The van der Waals surface area contributed by atoms with Crippen LogP contribution in [0.5, 0.6) is 5.75 Å². The molecule has 0 fully saturated rings. The van der Waals surface area contributed by atoms with Crippen molar-refractivity contribution in [3.63, 3.8) is 0 Å². The summed E-state index contributed by atoms with van der Waals surface area (Å²) in [6.07, 6.45) is 0. The standard InChI is InChI=1S/C15H10O2S/c16-15(11-4-2-1-3-5-11)17-13-6-7-14-12(10-13)8-9-18-14/h1-10H. The maximum Gasteiger partial charge on any atom is 0.343 e. The molecular weight excluding hydrogens is 244 g/mol. The van der Waals surface area contributed by atoms with E-state index in [-0.39, 0.29) is 5.97 Å². The van der Waals surface area contributed by atoms with Gasteiger partial charge in [0.15, 0.2) is 0 Å². The molecule has 0 spiro atoms. The van der Waals surface area contributed by atoms with Crippen molar-refractivity contribution >= 4 is 27.4 Å². The highest BCUT2D eigenvalue weighted by molar-refractivity contribution is 7.17. The maximum atomic E-state index is 11.9. The Labute approximate surface area is 108 Å². The van der Waals surface area contributed by atoms with Crippen molar-refractivity contribution in [3.8, 4) is 5.75 Å². The van der Waals surface area contributed by atoms with Crippen LogP contribution in [0.15, 0.2) is 60.0 Å². The molecule has 0 atom stereocenters. The van der Waals surface area contributed by atoms with Crippen LogP contribution in [-0.4, -0.2) is 5.97 Å². The van der Waals surface area contributed by atoms with E-state index in [0.717, 1.165) is 5.39 Å². The zero-order valence-corrected chi connectivity index (χ0v) is 10.3. The lowest BCUT2D eigenvalue weighted by Crippen LogP contribution is -2.07. The molecule has 88 valence electrons. The predicted molar refractivity (Wildman–Crippen MR) is 73.2 cm³/mol. The molecule has 0 amide bonds. The van der Waals surface area contributed by atoms with Crippen LogP contribution >= 0.6 is 11.3 Å². The molecule has 3 aromatic rings. The second-order valence-corrected chi connectivity index (χ2v) is 4.82. The van der Waals surface area contributed by atoms with Crippen molar-refractivity contribution in [1.29, 1.82) is 0 Å². The van der Waals surface area contributed by atoms with Crippen molar-refractivity contribution in [2.45, 2.75) is 0 Å². The molecule has 0 aliphatic heterocycles. The molecule has 0 saturated carbocycles. The lowest BCUT2D eigenvalue weighted by atomic mass is 10.2. The van der Waals surface area contributed by atoms with Crippen LogP contribution in [0.25, 0.3) is 10.1 Å². The molecule has 0 radical (unpaired) electrons. The Balaban J connectivity index is 1.86. The van der Waals surface area contributed by atoms with Crippen molar-refractivity contribution in [1.82, 2.24) is 0 Å². The molecule has 2 aromatic carbocycles. The number of thiophene rings is 1. The zero-order chi connectivity index (χ0) is 12.4. The molecular formula is C15H10O2S. The predicted octanol–water partition coefficient (Wildman–Crippen LogP) is 4.12. The second kappa shape index (κ2) is 4.63. The summed E-state index contributed by atoms with van der Waals surface area (Å²) in [6, 6.07) is 16.7. The largest absolute Gasteiger partial charge is 0.423 e. The number of fused-ring (bicyclic) bond motifs is 1. The summed E-state index contributed by atoms with van der Waals surface area (Å²) < 4.78 is 6.53. The van der Waals surface area contributed by atoms with Crippen LogP contribution in [0.3, 0.4) is 0 Å². The van der Waals surface area contributed by atoms with E-state index in [4.69, 9.17) is 4.74 Å². The van der Waals surface area contributed by atoms with Gasteiger partial charge in [0.2, 0.25) is 0 Å². The van der Waals surface area contributed by atoms with E-state index in [1.54, 1.807) is 23.5 Å². The number of hydrogen-bond acceptors (Lipinski definition) is 3. The van der Waals surface area contributed by atoms with Crippen LogP contribution in [0.2, 0.25) is 0 Å². The summed E-state index contributed by atoms with van der Waals surface area (Å²) >= 11 is 1.67. The minimum absolute atomic E-state index is 0.329. The van der Waals surface area contributed by atoms with Crippen molar-refractivity contribution < 1.29 is 9.53 Å². The van der Waals surface area contributed by atoms with E-state index in [1.165, 1.54) is 4.70 Å². The van der Waals surface area contributed by atoms with Crippen molar-refractivity contribution in [2.75, 3.05) is 0 Å². The maximum absolute atomic E-state index is 11.9. The van der Waals surface area contributed by atoms with E-state index < -0.39 is 0 Å². The van der Waals surface area contributed by atoms with Crippen LogP contribution in [0.4, 0.5) is 0 Å². The molecule has 0 unspecified atom stereocenters. The first-order valence-electron chi connectivity index (χ1n) is 5.57. The molecule has 0 N–H and O–H groups in total. The molecule has 0 saturated heterocycles. The van der Waals surface area contributed by atoms with Crippen molar-refractivity contribution in [2.24, 2.45) is 0 Å². The summed E-state index contributed by atoms with van der Waals surface area (Å²) in [5.41, 5.74) is 0.558. The first-order chi connectivity index (χ1) is 8.83. The van der Waals surface area contributed by atoms with Crippen LogP contribution < -0.4 is 4.74 Å². The Morgan fingerprint density at radius 1 is 1.00 bits per heavy atom. The Morgan fingerprint density at radius 3 is 2.67 bits per heavy atom. The van der Waals surface area contributed by atoms with Gasteiger partial charge in [0, 0.05) is 4.70 Å². The van der Waals surface area contributed by atoms with Crippen LogP contribution in [0, 0.1) is 0 Å². The lowest BCUT2D eigenvalue weighted by molar-refractivity contribution is 0.0735. The third-order valence-electron chi connectivity index (χ3n) is 2.64. The summed E-state index contributed by atoms with van der Waals surface area (Å²) in [5, 5.41) is 3.12. The second-order valence-electron chi connectivity index (χ2n) is 3.88. The number of ether oxygens (including phenoxy) is 1. The average Bonchev–Trinajstić information content (AvgIpc) is 2.87. The van der Waals surface area contributed by atoms with Gasteiger partial charge in [0.25, 0.3) is 0 Å². The molecule has 0 aliphatic rings. The number of carbonyl (C=O) groups is 1. The zero-order valence-electron chi connectivity index (χ0n) is 9.50. The molecule has 0 bridgehead atoms. The number of rotatable bonds is 2. The Bertz CT molecular complexity index is 686. The normalized spacial score (nSPS) is 10.4. The Morgan fingerprint density at radius 2 is 1.83 bits per heavy atom. The fraction of sp³-hybridized carbons (Fsp3) is 0. The summed E-state index contributed by atoms with van der Waals surface area (Å²) in [5.74, 6) is 0.250. The lowest BCUT2D eigenvalue weighted by Gasteiger charge is -2.04. The van der Waals surface area contributed by atoms with Gasteiger partial charge in [-0.1, -0.05) is 18.2 Å². The summed E-state index contributed by atoms with van der Waals surface area (Å²) in [7, 11) is 0. The monoisotopic (exact) mass is 254 g/mol. The summed E-state index contributed by atoms with van der Waals surface area (Å²) in [4.78, 5) is 11.9. The molecule has 2 nitrogen and oxygen atoms in total. The van der Waals surface area contributed by atoms with Gasteiger partial charge in [-0.2, -0.15) is 0 Å². The third-order valence-corrected chi connectivity index (χ3v) is 3.54. The Hall–Kier alpha value is -2.13. The molecule has 1 heterocycles. The van der Waals surface area contributed by atoms with Crippen LogP contribution in [-0.2, 0) is 0 Å². The van der Waals surface area contributed by atoms with E-state index in [0.29, 0.717) is 11.3 Å². The number of benzene rings is 2. The minimum Gasteiger partial charge on any atom is -0.423 e. The van der Waals surface area contributed by atoms with Crippen molar-refractivity contribution in [3.05, 3.63) is 65.5 Å². The molecule has 3 rings (SSSR count). The quantitative estimate of drug-likeness (QED) is 0.508. The molecule has 18 heavy (non-hydrogen) atoms. The first-order valence-corrected chi connectivity index (χ1v) is 6.45. The fourth-order valence-electron chi connectivity index (χ4n) is 1.75. The average molecular weight is 254 g/mol. The van der Waals surface area contributed by atoms with E-state index in [1.807, 2.05) is 47.8 Å². The van der Waals surface area contributed by atoms with E-state index in [9.17, 15) is 4.79 Å². The third kappa shape index (κ3) is 2.13.